The van der Waals surface area contributed by atoms with Crippen LogP contribution < -0.4 is 10.4 Å². The molecule has 0 aliphatic heterocycles. The zero-order valence-corrected chi connectivity index (χ0v) is 16.6. The summed E-state index contributed by atoms with van der Waals surface area (Å²) in [5.74, 6) is 0.568. The van der Waals surface area contributed by atoms with Crippen LogP contribution in [0.2, 0.25) is 0 Å². The predicted octanol–water partition coefficient (Wildman–Crippen LogP) is 4.98. The van der Waals surface area contributed by atoms with E-state index in [1.165, 1.54) is 11.6 Å². The maximum atomic E-state index is 12.4. The molecule has 1 aromatic heterocycles. The minimum absolute atomic E-state index is 0.00522. The molecule has 0 unspecified atom stereocenters. The van der Waals surface area contributed by atoms with Gasteiger partial charge in [-0.2, -0.15) is 0 Å². The number of ether oxygens (including phenoxy) is 2. The average Bonchev–Trinajstić information content (AvgIpc) is 2.65. The number of carbonyl (C=O) groups excluding carboxylic acids is 1. The summed E-state index contributed by atoms with van der Waals surface area (Å²) >= 11 is 0. The molecule has 0 bridgehead atoms. The van der Waals surface area contributed by atoms with Crippen LogP contribution in [0.15, 0.2) is 51.7 Å². The molecule has 5 nitrogen and oxygen atoms in total. The number of esters is 1. The first-order valence-electron chi connectivity index (χ1n) is 9.36. The van der Waals surface area contributed by atoms with Gasteiger partial charge < -0.3 is 13.9 Å². The highest BCUT2D eigenvalue weighted by molar-refractivity contribution is 5.90. The van der Waals surface area contributed by atoms with Crippen molar-refractivity contribution < 1.29 is 18.7 Å². The van der Waals surface area contributed by atoms with Gasteiger partial charge >= 0.3 is 11.6 Å². The van der Waals surface area contributed by atoms with Crippen molar-refractivity contribution >= 4 is 16.9 Å². The number of hydrogen-bond acceptors (Lipinski definition) is 5. The van der Waals surface area contributed by atoms with Crippen LogP contribution in [0.4, 0.5) is 0 Å². The van der Waals surface area contributed by atoms with E-state index < -0.39 is 11.6 Å². The molecule has 3 rings (SSSR count). The minimum Gasteiger partial charge on any atom is -0.494 e. The molecule has 0 saturated carbocycles. The average molecular weight is 380 g/mol. The third-order valence-electron chi connectivity index (χ3n) is 4.60. The summed E-state index contributed by atoms with van der Waals surface area (Å²) in [6.07, 6.45) is 0. The van der Waals surface area contributed by atoms with Gasteiger partial charge in [-0.3, -0.25) is 0 Å². The molecule has 0 N–H and O–H groups in total. The molecule has 0 radical (unpaired) electrons. The van der Waals surface area contributed by atoms with E-state index in [-0.39, 0.29) is 6.61 Å². The zero-order chi connectivity index (χ0) is 20.3. The van der Waals surface area contributed by atoms with Crippen molar-refractivity contribution in [1.29, 1.82) is 0 Å². The Bertz CT molecular complexity index is 1050. The Hall–Kier alpha value is -3.08. The Balaban J connectivity index is 1.86. The maximum Gasteiger partial charge on any atom is 0.338 e. The van der Waals surface area contributed by atoms with Crippen molar-refractivity contribution in [2.75, 3.05) is 6.61 Å². The van der Waals surface area contributed by atoms with Gasteiger partial charge in [0, 0.05) is 17.0 Å². The van der Waals surface area contributed by atoms with Gasteiger partial charge in [-0.25, -0.2) is 9.59 Å². The van der Waals surface area contributed by atoms with E-state index in [4.69, 9.17) is 13.9 Å². The number of aryl methyl sites for hydroxylation is 1. The van der Waals surface area contributed by atoms with Gasteiger partial charge in [0.05, 0.1) is 12.2 Å². The molecule has 3 aromatic rings. The summed E-state index contributed by atoms with van der Waals surface area (Å²) in [7, 11) is 0. The first-order valence-corrected chi connectivity index (χ1v) is 9.36. The lowest BCUT2D eigenvalue weighted by Crippen LogP contribution is -2.08. The molecule has 5 heteroatoms. The van der Waals surface area contributed by atoms with Crippen LogP contribution in [-0.4, -0.2) is 12.6 Å². The lowest BCUT2D eigenvalue weighted by molar-refractivity contribution is 0.0474. The Morgan fingerprint density at radius 2 is 1.82 bits per heavy atom. The molecular weight excluding hydrogens is 356 g/mol. The zero-order valence-electron chi connectivity index (χ0n) is 16.6. The molecule has 28 heavy (non-hydrogen) atoms. The lowest BCUT2D eigenvalue weighted by Gasteiger charge is -2.13. The second-order valence-electron chi connectivity index (χ2n) is 6.98. The van der Waals surface area contributed by atoms with Crippen LogP contribution in [0.25, 0.3) is 11.0 Å². The number of carbonyl (C=O) groups is 1. The van der Waals surface area contributed by atoms with Gasteiger partial charge in [0.15, 0.2) is 0 Å². The van der Waals surface area contributed by atoms with E-state index in [2.05, 4.69) is 13.8 Å². The van der Waals surface area contributed by atoms with Crippen LogP contribution in [0, 0.1) is 6.92 Å². The largest absolute Gasteiger partial charge is 0.494 e. The van der Waals surface area contributed by atoms with Gasteiger partial charge in [-0.15, -0.1) is 0 Å². The molecule has 0 aliphatic carbocycles. The van der Waals surface area contributed by atoms with Gasteiger partial charge in [0.2, 0.25) is 0 Å². The lowest BCUT2D eigenvalue weighted by atomic mass is 9.95. The van der Waals surface area contributed by atoms with Gasteiger partial charge in [-0.1, -0.05) is 13.8 Å². The molecule has 0 amide bonds. The summed E-state index contributed by atoms with van der Waals surface area (Å²) in [4.78, 5) is 24.3. The molecular formula is C23H24O5. The van der Waals surface area contributed by atoms with Crippen LogP contribution in [-0.2, 0) is 11.3 Å². The van der Waals surface area contributed by atoms with Crippen LogP contribution in [0.3, 0.4) is 0 Å². The predicted molar refractivity (Wildman–Crippen MR) is 108 cm³/mol. The van der Waals surface area contributed by atoms with Crippen LogP contribution in [0.5, 0.6) is 5.75 Å². The monoisotopic (exact) mass is 380 g/mol. The third-order valence-corrected chi connectivity index (χ3v) is 4.60. The Kier molecular flexibility index (Phi) is 5.83. The number of benzene rings is 2. The van der Waals surface area contributed by atoms with Crippen molar-refractivity contribution in [3.63, 3.8) is 0 Å². The fourth-order valence-corrected chi connectivity index (χ4v) is 3.21. The Morgan fingerprint density at radius 3 is 2.46 bits per heavy atom. The molecule has 0 saturated heterocycles. The maximum absolute atomic E-state index is 12.4. The molecule has 0 spiro atoms. The smallest absolute Gasteiger partial charge is 0.338 e. The number of hydrogen-bond donors (Lipinski definition) is 0. The summed E-state index contributed by atoms with van der Waals surface area (Å²) in [5.41, 5.74) is 3.33. The molecule has 146 valence electrons. The minimum atomic E-state index is -0.462. The summed E-state index contributed by atoms with van der Waals surface area (Å²) in [5, 5.41) is 0.786. The van der Waals surface area contributed by atoms with E-state index in [0.29, 0.717) is 35.0 Å². The van der Waals surface area contributed by atoms with E-state index in [1.807, 2.05) is 26.0 Å². The molecule has 2 aromatic carbocycles. The molecule has 0 fully saturated rings. The molecule has 1 heterocycles. The number of rotatable bonds is 6. The van der Waals surface area contributed by atoms with E-state index >= 15 is 0 Å². The Labute approximate surface area is 163 Å². The van der Waals surface area contributed by atoms with Crippen LogP contribution >= 0.6 is 0 Å². The van der Waals surface area contributed by atoms with Crippen molar-refractivity contribution in [3.8, 4) is 5.75 Å². The van der Waals surface area contributed by atoms with Gasteiger partial charge in [0.25, 0.3) is 0 Å². The third kappa shape index (κ3) is 4.25. The van der Waals surface area contributed by atoms with E-state index in [0.717, 1.165) is 10.9 Å². The molecule has 0 atom stereocenters. The summed E-state index contributed by atoms with van der Waals surface area (Å²) in [6.45, 7) is 8.67. The second kappa shape index (κ2) is 8.30. The highest BCUT2D eigenvalue weighted by atomic mass is 16.5. The second-order valence-corrected chi connectivity index (χ2v) is 6.98. The standard InChI is InChI=1S/C23H24O5/c1-5-26-18-8-6-16(7-9-18)23(25)27-13-17-11-22(24)28-21-10-15(4)19(14(2)3)12-20(17)21/h6-12,14H,5,13H2,1-4H3. The van der Waals surface area contributed by atoms with Crippen LogP contribution in [0.1, 0.15) is 53.7 Å². The van der Waals surface area contributed by atoms with E-state index in [9.17, 15) is 9.59 Å². The first kappa shape index (κ1) is 19.7. The SMILES string of the molecule is CCOc1ccc(C(=O)OCc2cc(=O)oc3cc(C)c(C(C)C)cc23)cc1. The van der Waals surface area contributed by atoms with Crippen molar-refractivity contribution in [3.05, 3.63) is 75.1 Å². The topological polar surface area (TPSA) is 65.7 Å². The fraction of sp³-hybridized carbons (Fsp3) is 0.304. The van der Waals surface area contributed by atoms with E-state index in [1.54, 1.807) is 24.3 Å². The fourth-order valence-electron chi connectivity index (χ4n) is 3.21. The highest BCUT2D eigenvalue weighted by Crippen LogP contribution is 2.27. The van der Waals surface area contributed by atoms with Crippen molar-refractivity contribution in [2.45, 2.75) is 40.2 Å². The summed E-state index contributed by atoms with van der Waals surface area (Å²) < 4.78 is 16.2. The highest BCUT2D eigenvalue weighted by Gasteiger charge is 2.14. The normalized spacial score (nSPS) is 11.0. The van der Waals surface area contributed by atoms with Gasteiger partial charge in [0.1, 0.15) is 17.9 Å². The van der Waals surface area contributed by atoms with Gasteiger partial charge in [-0.05, 0) is 67.3 Å². The first-order chi connectivity index (χ1) is 13.4. The molecule has 0 aliphatic rings. The Morgan fingerprint density at radius 1 is 1.11 bits per heavy atom. The quantitative estimate of drug-likeness (QED) is 0.446. The van der Waals surface area contributed by atoms with Crippen molar-refractivity contribution in [2.24, 2.45) is 0 Å². The van der Waals surface area contributed by atoms with Crippen molar-refractivity contribution in [1.82, 2.24) is 0 Å². The summed E-state index contributed by atoms with van der Waals surface area (Å²) in [6, 6.07) is 12.0. The number of fused-ring (bicyclic) bond motifs is 1.